The number of ketones is 1. The Balaban J connectivity index is 1.78. The molecule has 2 aliphatic rings. The Morgan fingerprint density at radius 2 is 1.70 bits per heavy atom. The van der Waals surface area contributed by atoms with Crippen molar-refractivity contribution in [2.24, 2.45) is 5.92 Å². The molecule has 1 aromatic rings. The average molecular weight is 373 g/mol. The van der Waals surface area contributed by atoms with Gasteiger partial charge in [-0.3, -0.25) is 4.79 Å². The summed E-state index contributed by atoms with van der Waals surface area (Å²) in [4.78, 5) is 26.4. The maximum Gasteiger partial charge on any atom is 0.226 e. The fourth-order valence-electron chi connectivity index (χ4n) is 5.05. The van der Waals surface area contributed by atoms with Gasteiger partial charge in [-0.05, 0) is 70.9 Å². The van der Waals surface area contributed by atoms with Crippen molar-refractivity contribution in [2.75, 3.05) is 25.0 Å². The smallest absolute Gasteiger partial charge is 0.226 e. The highest BCUT2D eigenvalue weighted by atomic mass is 16.1. The molecule has 5 heteroatoms. The van der Waals surface area contributed by atoms with E-state index in [9.17, 15) is 4.79 Å². The number of carbonyl (C=O) groups is 1. The molecule has 2 heterocycles. The van der Waals surface area contributed by atoms with Gasteiger partial charge in [0.15, 0.2) is 0 Å². The maximum absolute atomic E-state index is 11.6. The van der Waals surface area contributed by atoms with Gasteiger partial charge in [-0.15, -0.1) is 0 Å². The molecule has 0 radical (unpaired) electrons. The van der Waals surface area contributed by atoms with Gasteiger partial charge in [-0.2, -0.15) is 0 Å². The molecule has 27 heavy (non-hydrogen) atoms. The Morgan fingerprint density at radius 3 is 2.19 bits per heavy atom. The largest absolute Gasteiger partial charge is 0.332 e. The summed E-state index contributed by atoms with van der Waals surface area (Å²) in [7, 11) is 2.22. The molecule has 2 fully saturated rings. The maximum atomic E-state index is 11.6. The molecule has 1 aliphatic carbocycles. The van der Waals surface area contributed by atoms with Crippen molar-refractivity contribution in [3.05, 3.63) is 17.5 Å². The molecule has 0 aromatic carbocycles. The van der Waals surface area contributed by atoms with Gasteiger partial charge in [0.25, 0.3) is 0 Å². The van der Waals surface area contributed by atoms with Crippen LogP contribution in [0, 0.1) is 12.8 Å². The Hall–Kier alpha value is -1.49. The van der Waals surface area contributed by atoms with Crippen LogP contribution in [0.3, 0.4) is 0 Å². The zero-order valence-corrected chi connectivity index (χ0v) is 17.7. The monoisotopic (exact) mass is 372 g/mol. The standard InChI is InChI=1S/C22H36N4O/c1-6-19-13-25(5)14-20(7-2)26(19)22-23-12-21(15(3)24-22)18-10-8-17(9-11-18)16(4)27/h12,17-20H,6-11,13-14H2,1-5H3. The predicted molar refractivity (Wildman–Crippen MR) is 110 cm³/mol. The van der Waals surface area contributed by atoms with E-state index in [-0.39, 0.29) is 5.92 Å². The molecule has 5 nitrogen and oxygen atoms in total. The van der Waals surface area contributed by atoms with Crippen LogP contribution in [-0.4, -0.2) is 52.9 Å². The van der Waals surface area contributed by atoms with Crippen molar-refractivity contribution >= 4 is 11.7 Å². The molecule has 2 unspecified atom stereocenters. The third-order valence-electron chi connectivity index (χ3n) is 6.75. The van der Waals surface area contributed by atoms with Gasteiger partial charge in [-0.1, -0.05) is 13.8 Å². The van der Waals surface area contributed by atoms with Gasteiger partial charge in [-0.25, -0.2) is 9.97 Å². The number of Topliss-reactive ketones (excluding diaryl/α,β-unsaturated/α-hetero) is 1. The van der Waals surface area contributed by atoms with Gasteiger partial charge >= 0.3 is 0 Å². The van der Waals surface area contributed by atoms with Crippen molar-refractivity contribution in [3.8, 4) is 0 Å². The van der Waals surface area contributed by atoms with E-state index in [4.69, 9.17) is 9.97 Å². The molecule has 0 bridgehead atoms. The second-order valence-corrected chi connectivity index (χ2v) is 8.62. The van der Waals surface area contributed by atoms with Crippen molar-refractivity contribution in [3.63, 3.8) is 0 Å². The molecule has 3 rings (SSSR count). The van der Waals surface area contributed by atoms with E-state index in [1.165, 1.54) is 5.56 Å². The number of aromatic nitrogens is 2. The molecular formula is C22H36N4O. The number of nitrogens with zero attached hydrogens (tertiary/aromatic N) is 4. The second kappa shape index (κ2) is 8.68. The van der Waals surface area contributed by atoms with Gasteiger partial charge in [0.05, 0.1) is 0 Å². The molecule has 2 atom stereocenters. The molecule has 0 N–H and O–H groups in total. The number of carbonyl (C=O) groups excluding carboxylic acids is 1. The highest BCUT2D eigenvalue weighted by molar-refractivity contribution is 5.78. The Morgan fingerprint density at radius 1 is 1.11 bits per heavy atom. The lowest BCUT2D eigenvalue weighted by Gasteiger charge is -2.45. The lowest BCUT2D eigenvalue weighted by molar-refractivity contribution is -0.121. The first-order valence-electron chi connectivity index (χ1n) is 10.7. The Labute approximate surface area is 164 Å². The van der Waals surface area contributed by atoms with E-state index in [2.05, 4.69) is 43.8 Å². The highest BCUT2D eigenvalue weighted by Crippen LogP contribution is 2.37. The molecular weight excluding hydrogens is 336 g/mol. The molecule has 150 valence electrons. The second-order valence-electron chi connectivity index (χ2n) is 8.62. The number of piperazine rings is 1. The minimum Gasteiger partial charge on any atom is -0.332 e. The third-order valence-corrected chi connectivity index (χ3v) is 6.75. The average Bonchev–Trinajstić information content (AvgIpc) is 2.67. The van der Waals surface area contributed by atoms with Gasteiger partial charge in [0.1, 0.15) is 5.78 Å². The van der Waals surface area contributed by atoms with Crippen LogP contribution >= 0.6 is 0 Å². The van der Waals surface area contributed by atoms with Crippen LogP contribution in [0.5, 0.6) is 0 Å². The fourth-order valence-corrected chi connectivity index (χ4v) is 5.05. The molecule has 1 saturated carbocycles. The fraction of sp³-hybridized carbons (Fsp3) is 0.773. The first-order chi connectivity index (χ1) is 12.9. The van der Waals surface area contributed by atoms with Crippen LogP contribution in [0.25, 0.3) is 0 Å². The van der Waals surface area contributed by atoms with Gasteiger partial charge in [0, 0.05) is 43.0 Å². The lowest BCUT2D eigenvalue weighted by atomic mass is 9.77. The van der Waals surface area contributed by atoms with Crippen molar-refractivity contribution in [2.45, 2.75) is 84.2 Å². The summed E-state index contributed by atoms with van der Waals surface area (Å²) in [5, 5.41) is 0. The van der Waals surface area contributed by atoms with Crippen LogP contribution in [0.4, 0.5) is 5.95 Å². The van der Waals surface area contributed by atoms with Crippen LogP contribution in [-0.2, 0) is 4.79 Å². The van der Waals surface area contributed by atoms with E-state index in [0.29, 0.717) is 23.8 Å². The van der Waals surface area contributed by atoms with E-state index in [1.54, 1.807) is 6.92 Å². The van der Waals surface area contributed by atoms with Crippen molar-refractivity contribution in [1.29, 1.82) is 0 Å². The molecule has 1 aromatic heterocycles. The van der Waals surface area contributed by atoms with E-state index in [0.717, 1.165) is 63.3 Å². The number of anilines is 1. The van der Waals surface area contributed by atoms with Crippen molar-refractivity contribution < 1.29 is 4.79 Å². The van der Waals surface area contributed by atoms with Crippen LogP contribution < -0.4 is 4.90 Å². The Bertz CT molecular complexity index is 640. The number of likely N-dealkylation sites (N-methyl/N-ethyl adjacent to an activating group) is 1. The quantitative estimate of drug-likeness (QED) is 0.783. The van der Waals surface area contributed by atoms with Gasteiger partial charge < -0.3 is 9.80 Å². The number of hydrogen-bond acceptors (Lipinski definition) is 5. The topological polar surface area (TPSA) is 49.3 Å². The van der Waals surface area contributed by atoms with Crippen LogP contribution in [0.2, 0.25) is 0 Å². The van der Waals surface area contributed by atoms with Crippen LogP contribution in [0.1, 0.15) is 76.5 Å². The summed E-state index contributed by atoms with van der Waals surface area (Å²) in [6.07, 6.45) is 8.48. The highest BCUT2D eigenvalue weighted by Gasteiger charge is 2.33. The predicted octanol–water partition coefficient (Wildman–Crippen LogP) is 3.96. The first kappa shape index (κ1) is 20.2. The third kappa shape index (κ3) is 4.34. The summed E-state index contributed by atoms with van der Waals surface area (Å²) in [6, 6.07) is 0.954. The molecule has 1 saturated heterocycles. The number of aryl methyl sites for hydroxylation is 1. The zero-order chi connectivity index (χ0) is 19.6. The number of rotatable bonds is 5. The van der Waals surface area contributed by atoms with E-state index >= 15 is 0 Å². The minimum absolute atomic E-state index is 0.266. The summed E-state index contributed by atoms with van der Waals surface area (Å²) < 4.78 is 0. The molecule has 0 amide bonds. The van der Waals surface area contributed by atoms with Crippen molar-refractivity contribution in [1.82, 2.24) is 14.9 Å². The Kier molecular flexibility index (Phi) is 6.51. The van der Waals surface area contributed by atoms with E-state index in [1.807, 2.05) is 0 Å². The first-order valence-corrected chi connectivity index (χ1v) is 10.7. The summed E-state index contributed by atoms with van der Waals surface area (Å²) in [5.74, 6) is 2.03. The van der Waals surface area contributed by atoms with Gasteiger partial charge in [0.2, 0.25) is 5.95 Å². The number of hydrogen-bond donors (Lipinski definition) is 0. The summed E-state index contributed by atoms with van der Waals surface area (Å²) in [5.41, 5.74) is 2.41. The van der Waals surface area contributed by atoms with E-state index < -0.39 is 0 Å². The lowest BCUT2D eigenvalue weighted by Crippen LogP contribution is -2.58. The SMILES string of the molecule is CCC1CN(C)CC(CC)N1c1ncc(C2CCC(C(C)=O)CC2)c(C)n1. The zero-order valence-electron chi connectivity index (χ0n) is 17.7. The molecule has 0 spiro atoms. The molecule has 1 aliphatic heterocycles. The van der Waals surface area contributed by atoms with Crippen LogP contribution in [0.15, 0.2) is 6.20 Å². The minimum atomic E-state index is 0.266. The summed E-state index contributed by atoms with van der Waals surface area (Å²) in [6.45, 7) is 10.5. The summed E-state index contributed by atoms with van der Waals surface area (Å²) >= 11 is 0. The normalized spacial score (nSPS) is 29.7.